The average molecular weight is 332 g/mol. The van der Waals surface area contributed by atoms with Crippen LogP contribution in [0.3, 0.4) is 0 Å². The maximum Gasteiger partial charge on any atom is 0.335 e. The molecule has 1 amide bonds. The zero-order valence-corrected chi connectivity index (χ0v) is 12.7. The molecule has 0 saturated carbocycles. The summed E-state index contributed by atoms with van der Waals surface area (Å²) in [5.74, 6) is -1.39. The summed E-state index contributed by atoms with van der Waals surface area (Å²) in [4.78, 5) is 22.9. The maximum absolute atomic E-state index is 12.0. The third kappa shape index (κ3) is 4.33. The van der Waals surface area contributed by atoms with Gasteiger partial charge in [-0.05, 0) is 31.4 Å². The lowest BCUT2D eigenvalue weighted by Gasteiger charge is -2.22. The second kappa shape index (κ2) is 7.11. The normalized spacial score (nSPS) is 18.3. The summed E-state index contributed by atoms with van der Waals surface area (Å²) in [6.07, 6.45) is 3.06. The number of anilines is 1. The van der Waals surface area contributed by atoms with E-state index in [9.17, 15) is 9.59 Å². The molecule has 0 aromatic heterocycles. The van der Waals surface area contributed by atoms with Gasteiger partial charge in [-0.15, -0.1) is 0 Å². The highest BCUT2D eigenvalue weighted by molar-refractivity contribution is 6.40. The zero-order valence-electron chi connectivity index (χ0n) is 11.2. The molecule has 2 N–H and O–H groups in total. The van der Waals surface area contributed by atoms with Gasteiger partial charge in [-0.2, -0.15) is 0 Å². The molecule has 1 unspecified atom stereocenters. The number of amides is 1. The van der Waals surface area contributed by atoms with E-state index in [-0.39, 0.29) is 39.7 Å². The number of carbonyl (C=O) groups is 2. The lowest BCUT2D eigenvalue weighted by molar-refractivity contribution is -0.119. The minimum atomic E-state index is -1.13. The van der Waals surface area contributed by atoms with E-state index in [4.69, 9.17) is 33.0 Å². The molecule has 1 aliphatic rings. The topological polar surface area (TPSA) is 75.6 Å². The molecule has 114 valence electrons. The Balaban J connectivity index is 2.04. The van der Waals surface area contributed by atoms with Crippen LogP contribution in [0, 0.1) is 0 Å². The van der Waals surface area contributed by atoms with E-state index < -0.39 is 5.97 Å². The number of carboxylic acid groups (broad SMARTS) is 1. The Morgan fingerprint density at radius 3 is 2.48 bits per heavy atom. The van der Waals surface area contributed by atoms with Crippen molar-refractivity contribution in [3.63, 3.8) is 0 Å². The van der Waals surface area contributed by atoms with Crippen LogP contribution in [0.15, 0.2) is 12.1 Å². The molecule has 1 fully saturated rings. The Morgan fingerprint density at radius 1 is 1.29 bits per heavy atom. The van der Waals surface area contributed by atoms with E-state index >= 15 is 0 Å². The molecule has 0 radical (unpaired) electrons. The fraction of sp³-hybridized carbons (Fsp3) is 0.429. The number of carboxylic acids is 1. The highest BCUT2D eigenvalue weighted by Crippen LogP contribution is 2.32. The first-order valence-electron chi connectivity index (χ1n) is 6.61. The van der Waals surface area contributed by atoms with Crippen LogP contribution in [0.5, 0.6) is 0 Å². The highest BCUT2D eigenvalue weighted by atomic mass is 35.5. The monoisotopic (exact) mass is 331 g/mol. The molecule has 1 heterocycles. The van der Waals surface area contributed by atoms with E-state index in [1.54, 1.807) is 0 Å². The van der Waals surface area contributed by atoms with Gasteiger partial charge in [-0.25, -0.2) is 4.79 Å². The molecular formula is C14H15Cl2NO4. The van der Waals surface area contributed by atoms with Crippen molar-refractivity contribution < 1.29 is 19.4 Å². The van der Waals surface area contributed by atoms with Gasteiger partial charge in [0, 0.05) is 6.61 Å². The smallest absolute Gasteiger partial charge is 0.335 e. The van der Waals surface area contributed by atoms with Crippen LogP contribution in [-0.4, -0.2) is 29.7 Å². The van der Waals surface area contributed by atoms with Crippen LogP contribution >= 0.6 is 23.2 Å². The molecular weight excluding hydrogens is 317 g/mol. The minimum Gasteiger partial charge on any atom is -0.478 e. The molecule has 1 aliphatic heterocycles. The first-order valence-corrected chi connectivity index (χ1v) is 7.36. The van der Waals surface area contributed by atoms with E-state index in [1.165, 1.54) is 12.1 Å². The van der Waals surface area contributed by atoms with Crippen LogP contribution in [0.25, 0.3) is 0 Å². The Labute approximate surface area is 132 Å². The van der Waals surface area contributed by atoms with E-state index in [2.05, 4.69) is 5.32 Å². The van der Waals surface area contributed by atoms with Crippen LogP contribution in [-0.2, 0) is 9.53 Å². The van der Waals surface area contributed by atoms with Crippen molar-refractivity contribution in [1.82, 2.24) is 0 Å². The number of hydrogen-bond acceptors (Lipinski definition) is 3. The van der Waals surface area contributed by atoms with E-state index in [1.807, 2.05) is 0 Å². The number of ether oxygens (including phenoxy) is 1. The third-order valence-electron chi connectivity index (χ3n) is 3.24. The molecule has 7 heteroatoms. The van der Waals surface area contributed by atoms with Crippen molar-refractivity contribution in [2.45, 2.75) is 31.8 Å². The molecule has 2 rings (SSSR count). The van der Waals surface area contributed by atoms with E-state index in [0.29, 0.717) is 6.61 Å². The zero-order chi connectivity index (χ0) is 15.4. The number of benzene rings is 1. The highest BCUT2D eigenvalue weighted by Gasteiger charge is 2.20. The summed E-state index contributed by atoms with van der Waals surface area (Å²) in [6.45, 7) is 0.673. The molecule has 1 aromatic carbocycles. The van der Waals surface area contributed by atoms with Crippen molar-refractivity contribution in [3.8, 4) is 0 Å². The number of carbonyl (C=O) groups excluding carboxylic acids is 1. The van der Waals surface area contributed by atoms with Gasteiger partial charge in [0.2, 0.25) is 5.91 Å². The fourth-order valence-corrected chi connectivity index (χ4v) is 2.76. The molecule has 5 nitrogen and oxygen atoms in total. The van der Waals surface area contributed by atoms with Crippen molar-refractivity contribution in [2.75, 3.05) is 11.9 Å². The Kier molecular flexibility index (Phi) is 5.45. The quantitative estimate of drug-likeness (QED) is 0.883. The summed E-state index contributed by atoms with van der Waals surface area (Å²) in [5, 5.41) is 11.7. The standard InChI is InChI=1S/C14H15Cl2NO4/c15-10-5-8(14(19)20)6-11(16)13(10)17-12(18)7-9-3-1-2-4-21-9/h5-6,9H,1-4,7H2,(H,17,18)(H,19,20). The van der Waals surface area contributed by atoms with Gasteiger partial charge in [0.15, 0.2) is 0 Å². The predicted molar refractivity (Wildman–Crippen MR) is 80.3 cm³/mol. The lowest BCUT2D eigenvalue weighted by atomic mass is 10.1. The minimum absolute atomic E-state index is 0.0291. The van der Waals surface area contributed by atoms with Crippen LogP contribution < -0.4 is 5.32 Å². The second-order valence-electron chi connectivity index (χ2n) is 4.86. The van der Waals surface area contributed by atoms with Crippen molar-refractivity contribution in [2.24, 2.45) is 0 Å². The lowest BCUT2D eigenvalue weighted by Crippen LogP contribution is -2.25. The Bertz CT molecular complexity index is 533. The summed E-state index contributed by atoms with van der Waals surface area (Å²) in [6, 6.07) is 2.50. The van der Waals surface area contributed by atoms with E-state index in [0.717, 1.165) is 19.3 Å². The molecule has 0 aliphatic carbocycles. The molecule has 1 atom stereocenters. The molecule has 0 spiro atoms. The van der Waals surface area contributed by atoms with Crippen molar-refractivity contribution in [3.05, 3.63) is 27.7 Å². The van der Waals surface area contributed by atoms with Crippen LogP contribution in [0.4, 0.5) is 5.69 Å². The average Bonchev–Trinajstić information content (AvgIpc) is 2.43. The van der Waals surface area contributed by atoms with Gasteiger partial charge in [0.25, 0.3) is 0 Å². The summed E-state index contributed by atoms with van der Waals surface area (Å²) < 4.78 is 5.49. The van der Waals surface area contributed by atoms with Gasteiger partial charge in [0.05, 0.1) is 33.8 Å². The predicted octanol–water partition coefficient (Wildman–Crippen LogP) is 3.59. The number of nitrogens with one attached hydrogen (secondary N) is 1. The summed E-state index contributed by atoms with van der Waals surface area (Å²) in [7, 11) is 0. The molecule has 1 saturated heterocycles. The van der Waals surface area contributed by atoms with Gasteiger partial charge in [0.1, 0.15) is 0 Å². The largest absolute Gasteiger partial charge is 0.478 e. The van der Waals surface area contributed by atoms with Gasteiger partial charge < -0.3 is 15.2 Å². The van der Waals surface area contributed by atoms with Crippen LogP contribution in [0.1, 0.15) is 36.0 Å². The third-order valence-corrected chi connectivity index (χ3v) is 3.84. The SMILES string of the molecule is O=C(CC1CCCCO1)Nc1c(Cl)cc(C(=O)O)cc1Cl. The number of rotatable bonds is 4. The number of hydrogen-bond donors (Lipinski definition) is 2. The van der Waals surface area contributed by atoms with Crippen molar-refractivity contribution >= 4 is 40.8 Å². The Morgan fingerprint density at radius 2 is 1.95 bits per heavy atom. The molecule has 1 aromatic rings. The van der Waals surface area contributed by atoms with Gasteiger partial charge in [-0.3, -0.25) is 4.79 Å². The van der Waals surface area contributed by atoms with Gasteiger partial charge >= 0.3 is 5.97 Å². The van der Waals surface area contributed by atoms with Crippen molar-refractivity contribution in [1.29, 1.82) is 0 Å². The number of halogens is 2. The Hall–Kier alpha value is -1.30. The summed E-state index contributed by atoms with van der Waals surface area (Å²) in [5.41, 5.74) is 0.197. The van der Waals surface area contributed by atoms with Gasteiger partial charge in [-0.1, -0.05) is 23.2 Å². The van der Waals surface area contributed by atoms with Crippen LogP contribution in [0.2, 0.25) is 10.0 Å². The first kappa shape index (κ1) is 16.1. The molecule has 21 heavy (non-hydrogen) atoms. The first-order chi connectivity index (χ1) is 9.97. The maximum atomic E-state index is 12.0. The molecule has 0 bridgehead atoms. The fourth-order valence-electron chi connectivity index (χ4n) is 2.18. The number of aromatic carboxylic acids is 1. The summed E-state index contributed by atoms with van der Waals surface area (Å²) >= 11 is 11.9. The second-order valence-corrected chi connectivity index (χ2v) is 5.68.